The molecule has 2 aromatic rings. The Balaban J connectivity index is 2.21. The van der Waals surface area contributed by atoms with Crippen molar-refractivity contribution in [3.63, 3.8) is 0 Å². The minimum Gasteiger partial charge on any atom is -0.393 e. The van der Waals surface area contributed by atoms with Gasteiger partial charge in [-0.1, -0.05) is 0 Å². The van der Waals surface area contributed by atoms with Crippen LogP contribution >= 0.6 is 0 Å². The van der Waals surface area contributed by atoms with E-state index in [9.17, 15) is 9.90 Å². The van der Waals surface area contributed by atoms with E-state index in [2.05, 4.69) is 20.6 Å². The summed E-state index contributed by atoms with van der Waals surface area (Å²) in [6, 6.07) is 1.88. The first-order valence-electron chi connectivity index (χ1n) is 5.31. The standard InChI is InChI=1S/C11H12N4O2/c1-11(5-16)10(17)14-7-4-13-9-6(2-3-12-9)8(7)15-11/h2-4,15-16H,5H2,1H3,(H,12,13)(H,14,17). The maximum atomic E-state index is 11.8. The third-order valence-corrected chi connectivity index (χ3v) is 3.05. The van der Waals surface area contributed by atoms with Gasteiger partial charge in [0.1, 0.15) is 11.2 Å². The first-order chi connectivity index (χ1) is 8.14. The Morgan fingerprint density at radius 3 is 3.12 bits per heavy atom. The Hall–Kier alpha value is -2.08. The van der Waals surface area contributed by atoms with E-state index >= 15 is 0 Å². The molecule has 0 radical (unpaired) electrons. The monoisotopic (exact) mass is 232 g/mol. The summed E-state index contributed by atoms with van der Waals surface area (Å²) < 4.78 is 0. The topological polar surface area (TPSA) is 90.0 Å². The molecule has 0 spiro atoms. The van der Waals surface area contributed by atoms with Crippen LogP contribution in [0.3, 0.4) is 0 Å². The highest BCUT2D eigenvalue weighted by Gasteiger charge is 2.37. The van der Waals surface area contributed by atoms with E-state index in [1.807, 2.05) is 6.07 Å². The molecule has 6 heteroatoms. The van der Waals surface area contributed by atoms with Crippen LogP contribution in [-0.4, -0.2) is 33.1 Å². The minimum absolute atomic E-state index is 0.260. The summed E-state index contributed by atoms with van der Waals surface area (Å²) in [6.45, 7) is 1.39. The number of nitrogens with zero attached hydrogens (tertiary/aromatic N) is 1. The average molecular weight is 232 g/mol. The molecule has 0 saturated carbocycles. The lowest BCUT2D eigenvalue weighted by Gasteiger charge is -2.34. The molecule has 0 saturated heterocycles. The average Bonchev–Trinajstić information content (AvgIpc) is 2.79. The number of nitrogens with one attached hydrogen (secondary N) is 3. The summed E-state index contributed by atoms with van der Waals surface area (Å²) in [4.78, 5) is 19.0. The molecule has 3 rings (SSSR count). The zero-order valence-electron chi connectivity index (χ0n) is 9.24. The number of aliphatic hydroxyl groups excluding tert-OH is 1. The van der Waals surface area contributed by atoms with Crippen LogP contribution in [0.2, 0.25) is 0 Å². The fraction of sp³-hybridized carbons (Fsp3) is 0.273. The number of pyridine rings is 1. The van der Waals surface area contributed by atoms with Gasteiger partial charge in [-0.05, 0) is 13.0 Å². The number of carbonyl (C=O) groups excluding carboxylic acids is 1. The number of anilines is 2. The van der Waals surface area contributed by atoms with Gasteiger partial charge >= 0.3 is 0 Å². The Labute approximate surface area is 97.1 Å². The SMILES string of the molecule is CC1(CO)Nc2c(cnc3[nH]ccc23)NC1=O. The number of aromatic nitrogens is 2. The molecular weight excluding hydrogens is 220 g/mol. The van der Waals surface area contributed by atoms with Gasteiger partial charge in [0.05, 0.1) is 24.2 Å². The van der Waals surface area contributed by atoms with Crippen LogP contribution in [0.5, 0.6) is 0 Å². The predicted molar refractivity (Wildman–Crippen MR) is 63.8 cm³/mol. The van der Waals surface area contributed by atoms with Crippen molar-refractivity contribution in [2.24, 2.45) is 0 Å². The van der Waals surface area contributed by atoms with E-state index in [4.69, 9.17) is 0 Å². The van der Waals surface area contributed by atoms with Crippen LogP contribution in [0.25, 0.3) is 11.0 Å². The summed E-state index contributed by atoms with van der Waals surface area (Å²) in [6.07, 6.45) is 3.38. The number of H-pyrrole nitrogens is 1. The van der Waals surface area contributed by atoms with E-state index < -0.39 is 5.54 Å². The molecule has 1 unspecified atom stereocenters. The van der Waals surface area contributed by atoms with Crippen LogP contribution in [0.1, 0.15) is 6.92 Å². The van der Waals surface area contributed by atoms with Gasteiger partial charge in [0, 0.05) is 11.6 Å². The van der Waals surface area contributed by atoms with E-state index in [-0.39, 0.29) is 12.5 Å². The smallest absolute Gasteiger partial charge is 0.252 e. The minimum atomic E-state index is -1.00. The number of amides is 1. The van der Waals surface area contributed by atoms with Gasteiger partial charge in [0.15, 0.2) is 0 Å². The molecule has 4 N–H and O–H groups in total. The summed E-state index contributed by atoms with van der Waals surface area (Å²) in [7, 11) is 0. The molecule has 1 amide bonds. The van der Waals surface area contributed by atoms with Crippen LogP contribution < -0.4 is 10.6 Å². The highest BCUT2D eigenvalue weighted by molar-refractivity contribution is 6.11. The van der Waals surface area contributed by atoms with Gasteiger partial charge in [-0.25, -0.2) is 4.98 Å². The Bertz CT molecular complexity index is 607. The van der Waals surface area contributed by atoms with Gasteiger partial charge in [-0.2, -0.15) is 0 Å². The van der Waals surface area contributed by atoms with Crippen molar-refractivity contribution in [2.75, 3.05) is 17.2 Å². The van der Waals surface area contributed by atoms with Gasteiger partial charge in [0.25, 0.3) is 5.91 Å². The summed E-state index contributed by atoms with van der Waals surface area (Å²) >= 11 is 0. The van der Waals surface area contributed by atoms with Crippen molar-refractivity contribution in [3.05, 3.63) is 18.5 Å². The number of aliphatic hydroxyl groups is 1. The molecule has 6 nitrogen and oxygen atoms in total. The quantitative estimate of drug-likeness (QED) is 0.582. The molecule has 17 heavy (non-hydrogen) atoms. The Morgan fingerprint density at radius 1 is 1.53 bits per heavy atom. The molecule has 1 aliphatic rings. The molecule has 1 aliphatic heterocycles. The van der Waals surface area contributed by atoms with Gasteiger partial charge in [-0.3, -0.25) is 4.79 Å². The van der Waals surface area contributed by atoms with Gasteiger partial charge in [0.2, 0.25) is 0 Å². The molecule has 2 aromatic heterocycles. The molecule has 0 aromatic carbocycles. The lowest BCUT2D eigenvalue weighted by atomic mass is 9.98. The second-order valence-corrected chi connectivity index (χ2v) is 4.36. The second kappa shape index (κ2) is 3.21. The first-order valence-corrected chi connectivity index (χ1v) is 5.31. The van der Waals surface area contributed by atoms with E-state index in [1.54, 1.807) is 19.3 Å². The van der Waals surface area contributed by atoms with Crippen molar-refractivity contribution in [3.8, 4) is 0 Å². The molecule has 0 aliphatic carbocycles. The number of hydrogen-bond acceptors (Lipinski definition) is 4. The molecule has 0 bridgehead atoms. The summed E-state index contributed by atoms with van der Waals surface area (Å²) in [5.41, 5.74) is 1.16. The zero-order valence-corrected chi connectivity index (χ0v) is 9.24. The predicted octanol–water partition coefficient (Wildman–Crippen LogP) is 0.678. The highest BCUT2D eigenvalue weighted by Crippen LogP contribution is 2.35. The number of hydrogen-bond donors (Lipinski definition) is 4. The van der Waals surface area contributed by atoms with E-state index in [1.165, 1.54) is 0 Å². The van der Waals surface area contributed by atoms with Crippen molar-refractivity contribution in [2.45, 2.75) is 12.5 Å². The largest absolute Gasteiger partial charge is 0.393 e. The van der Waals surface area contributed by atoms with E-state index in [0.717, 1.165) is 16.7 Å². The fourth-order valence-electron chi connectivity index (χ4n) is 1.94. The normalized spacial score (nSPS) is 23.1. The Kier molecular flexibility index (Phi) is 1.90. The highest BCUT2D eigenvalue weighted by atomic mass is 16.3. The van der Waals surface area contributed by atoms with E-state index in [0.29, 0.717) is 5.69 Å². The van der Waals surface area contributed by atoms with Crippen molar-refractivity contribution < 1.29 is 9.90 Å². The molecular formula is C11H12N4O2. The van der Waals surface area contributed by atoms with Crippen molar-refractivity contribution in [1.82, 2.24) is 9.97 Å². The first kappa shape index (κ1) is 10.1. The van der Waals surface area contributed by atoms with Crippen LogP contribution in [0.15, 0.2) is 18.5 Å². The van der Waals surface area contributed by atoms with Crippen LogP contribution in [-0.2, 0) is 4.79 Å². The zero-order chi connectivity index (χ0) is 12.0. The number of rotatable bonds is 1. The summed E-state index contributed by atoms with van der Waals surface area (Å²) in [5.74, 6) is -0.260. The lowest BCUT2D eigenvalue weighted by molar-refractivity contribution is -0.121. The van der Waals surface area contributed by atoms with Gasteiger partial charge in [-0.15, -0.1) is 0 Å². The molecule has 0 fully saturated rings. The van der Waals surface area contributed by atoms with Crippen molar-refractivity contribution in [1.29, 1.82) is 0 Å². The van der Waals surface area contributed by atoms with Crippen LogP contribution in [0, 0.1) is 0 Å². The number of aromatic amines is 1. The maximum Gasteiger partial charge on any atom is 0.252 e. The molecule has 1 atom stereocenters. The van der Waals surface area contributed by atoms with Crippen molar-refractivity contribution >= 4 is 28.3 Å². The third-order valence-electron chi connectivity index (χ3n) is 3.05. The summed E-state index contributed by atoms with van der Waals surface area (Å²) in [5, 5.41) is 16.0. The lowest BCUT2D eigenvalue weighted by Crippen LogP contribution is -2.52. The number of fused-ring (bicyclic) bond motifs is 3. The molecule has 3 heterocycles. The molecule has 88 valence electrons. The van der Waals surface area contributed by atoms with Crippen LogP contribution in [0.4, 0.5) is 11.4 Å². The maximum absolute atomic E-state index is 11.8. The second-order valence-electron chi connectivity index (χ2n) is 4.36. The fourth-order valence-corrected chi connectivity index (χ4v) is 1.94. The number of carbonyl (C=O) groups is 1. The van der Waals surface area contributed by atoms with Gasteiger partial charge < -0.3 is 20.7 Å². The third kappa shape index (κ3) is 1.31. The Morgan fingerprint density at radius 2 is 2.35 bits per heavy atom.